The van der Waals surface area contributed by atoms with Crippen LogP contribution in [0.1, 0.15) is 58.4 Å². The first-order valence-electron chi connectivity index (χ1n) is 8.36. The van der Waals surface area contributed by atoms with Gasteiger partial charge in [0.2, 0.25) is 0 Å². The highest BCUT2D eigenvalue weighted by Gasteiger charge is 2.41. The number of aromatic hydroxyl groups is 2. The van der Waals surface area contributed by atoms with Crippen molar-refractivity contribution in [3.05, 3.63) is 44.5 Å². The van der Waals surface area contributed by atoms with Crippen molar-refractivity contribution in [1.29, 1.82) is 0 Å². The SMILES string of the molecule is Cc1c(C)c2c(c(C)c1O)C(C)(C)c1c(C)c(O)c(C)c(C)c1O2. The van der Waals surface area contributed by atoms with Gasteiger partial charge in [0.05, 0.1) is 0 Å². The van der Waals surface area contributed by atoms with Crippen LogP contribution in [0.2, 0.25) is 0 Å². The van der Waals surface area contributed by atoms with Gasteiger partial charge in [0, 0.05) is 16.5 Å². The highest BCUT2D eigenvalue weighted by molar-refractivity contribution is 5.71. The quantitative estimate of drug-likeness (QED) is 0.683. The molecule has 0 atom stereocenters. The minimum absolute atomic E-state index is 0.331. The fraction of sp³-hybridized carbons (Fsp3) is 0.429. The van der Waals surface area contributed by atoms with Crippen molar-refractivity contribution in [2.24, 2.45) is 0 Å². The predicted molar refractivity (Wildman–Crippen MR) is 96.8 cm³/mol. The number of hydrogen-bond donors (Lipinski definition) is 2. The predicted octanol–water partition coefficient (Wildman–Crippen LogP) is 5.38. The second kappa shape index (κ2) is 4.92. The molecular weight excluding hydrogens is 300 g/mol. The Bertz CT molecular complexity index is 818. The molecule has 2 aromatic rings. The zero-order valence-corrected chi connectivity index (χ0v) is 15.8. The van der Waals surface area contributed by atoms with E-state index in [4.69, 9.17) is 4.74 Å². The lowest BCUT2D eigenvalue weighted by molar-refractivity contribution is 0.393. The van der Waals surface area contributed by atoms with E-state index in [1.165, 1.54) is 0 Å². The van der Waals surface area contributed by atoms with Gasteiger partial charge in [-0.3, -0.25) is 0 Å². The van der Waals surface area contributed by atoms with Gasteiger partial charge in [-0.2, -0.15) is 0 Å². The van der Waals surface area contributed by atoms with Crippen LogP contribution in [0.5, 0.6) is 23.0 Å². The van der Waals surface area contributed by atoms with E-state index in [-0.39, 0.29) is 5.41 Å². The summed E-state index contributed by atoms with van der Waals surface area (Å²) in [4.78, 5) is 0. The molecule has 0 saturated carbocycles. The largest absolute Gasteiger partial charge is 0.507 e. The lowest BCUT2D eigenvalue weighted by Crippen LogP contribution is -2.28. The summed E-state index contributed by atoms with van der Waals surface area (Å²) in [5.41, 5.74) is 6.97. The van der Waals surface area contributed by atoms with Crippen molar-refractivity contribution in [1.82, 2.24) is 0 Å². The van der Waals surface area contributed by atoms with Crippen molar-refractivity contribution in [3.8, 4) is 23.0 Å². The fourth-order valence-electron chi connectivity index (χ4n) is 4.20. The van der Waals surface area contributed by atoms with Gasteiger partial charge in [0.15, 0.2) is 0 Å². The van der Waals surface area contributed by atoms with Gasteiger partial charge < -0.3 is 14.9 Å². The number of rotatable bonds is 0. The van der Waals surface area contributed by atoms with Gasteiger partial charge in [-0.15, -0.1) is 0 Å². The molecule has 2 N–H and O–H groups in total. The molecule has 0 amide bonds. The number of benzene rings is 2. The second-order valence-electron chi connectivity index (χ2n) is 7.58. The van der Waals surface area contributed by atoms with Gasteiger partial charge in [-0.25, -0.2) is 0 Å². The summed E-state index contributed by atoms with van der Waals surface area (Å²) < 4.78 is 6.39. The van der Waals surface area contributed by atoms with E-state index >= 15 is 0 Å². The summed E-state index contributed by atoms with van der Waals surface area (Å²) in [6.07, 6.45) is 0. The van der Waals surface area contributed by atoms with E-state index in [0.29, 0.717) is 11.5 Å². The maximum atomic E-state index is 10.5. The van der Waals surface area contributed by atoms with Crippen LogP contribution in [-0.2, 0) is 5.41 Å². The molecule has 24 heavy (non-hydrogen) atoms. The van der Waals surface area contributed by atoms with Crippen molar-refractivity contribution in [2.75, 3.05) is 0 Å². The molecule has 3 nitrogen and oxygen atoms in total. The van der Waals surface area contributed by atoms with E-state index in [1.807, 2.05) is 41.5 Å². The zero-order valence-electron chi connectivity index (χ0n) is 15.8. The van der Waals surface area contributed by atoms with Crippen LogP contribution in [0.25, 0.3) is 0 Å². The Kier molecular flexibility index (Phi) is 3.42. The van der Waals surface area contributed by atoms with Gasteiger partial charge in [0.25, 0.3) is 0 Å². The first kappa shape index (κ1) is 16.7. The molecule has 128 valence electrons. The summed E-state index contributed by atoms with van der Waals surface area (Å²) in [7, 11) is 0. The van der Waals surface area contributed by atoms with Gasteiger partial charge in [0.1, 0.15) is 23.0 Å². The standard InChI is InChI=1S/C21H26O3/c1-9-11(3)19-15(13(5)17(9)22)21(7,8)16-14(6)18(23)10(2)12(4)20(16)24-19/h22-23H,1-8H3. The van der Waals surface area contributed by atoms with Crippen molar-refractivity contribution in [2.45, 2.75) is 60.8 Å². The first-order valence-corrected chi connectivity index (χ1v) is 8.36. The molecule has 0 unspecified atom stereocenters. The van der Waals surface area contributed by atoms with E-state index in [1.54, 1.807) is 0 Å². The summed E-state index contributed by atoms with van der Waals surface area (Å²) in [5.74, 6) is 2.34. The van der Waals surface area contributed by atoms with Crippen LogP contribution in [0, 0.1) is 41.5 Å². The minimum Gasteiger partial charge on any atom is -0.507 e. The lowest BCUT2D eigenvalue weighted by Gasteiger charge is -2.39. The highest BCUT2D eigenvalue weighted by atomic mass is 16.5. The third kappa shape index (κ3) is 1.84. The maximum absolute atomic E-state index is 10.5. The minimum atomic E-state index is -0.372. The van der Waals surface area contributed by atoms with Gasteiger partial charge >= 0.3 is 0 Å². The Morgan fingerprint density at radius 3 is 1.25 bits per heavy atom. The van der Waals surface area contributed by atoms with Gasteiger partial charge in [-0.1, -0.05) is 13.8 Å². The van der Waals surface area contributed by atoms with Crippen LogP contribution >= 0.6 is 0 Å². The van der Waals surface area contributed by atoms with Crippen LogP contribution < -0.4 is 4.74 Å². The summed E-state index contributed by atoms with van der Waals surface area (Å²) >= 11 is 0. The molecular formula is C21H26O3. The molecule has 0 fully saturated rings. The molecule has 0 aliphatic carbocycles. The van der Waals surface area contributed by atoms with E-state index in [0.717, 1.165) is 56.0 Å². The average Bonchev–Trinajstić information content (AvgIpc) is 2.52. The molecule has 1 heterocycles. The lowest BCUT2D eigenvalue weighted by atomic mass is 9.70. The number of fused-ring (bicyclic) bond motifs is 2. The maximum Gasteiger partial charge on any atom is 0.135 e. The second-order valence-corrected chi connectivity index (χ2v) is 7.58. The summed E-state index contributed by atoms with van der Waals surface area (Å²) in [6.45, 7) is 16.0. The normalized spacial score (nSPS) is 14.8. The van der Waals surface area contributed by atoms with E-state index < -0.39 is 0 Å². The third-order valence-electron chi connectivity index (χ3n) is 5.89. The van der Waals surface area contributed by atoms with Crippen LogP contribution in [0.4, 0.5) is 0 Å². The molecule has 3 heteroatoms. The molecule has 0 bridgehead atoms. The molecule has 3 rings (SSSR count). The number of ether oxygens (including phenoxy) is 1. The molecule has 0 radical (unpaired) electrons. The highest BCUT2D eigenvalue weighted by Crippen LogP contribution is 2.56. The summed E-state index contributed by atoms with van der Waals surface area (Å²) in [6, 6.07) is 0. The first-order chi connectivity index (χ1) is 11.0. The van der Waals surface area contributed by atoms with Crippen molar-refractivity contribution in [3.63, 3.8) is 0 Å². The molecule has 2 aromatic carbocycles. The van der Waals surface area contributed by atoms with Crippen molar-refractivity contribution >= 4 is 0 Å². The Hall–Kier alpha value is -2.16. The topological polar surface area (TPSA) is 49.7 Å². The number of phenolic OH excluding ortho intramolecular Hbond substituents is 2. The zero-order chi connectivity index (χ0) is 18.1. The van der Waals surface area contributed by atoms with Crippen LogP contribution in [0.3, 0.4) is 0 Å². The smallest absolute Gasteiger partial charge is 0.135 e. The van der Waals surface area contributed by atoms with Crippen molar-refractivity contribution < 1.29 is 14.9 Å². The van der Waals surface area contributed by atoms with Crippen LogP contribution in [-0.4, -0.2) is 10.2 Å². The molecule has 0 spiro atoms. The summed E-state index contributed by atoms with van der Waals surface area (Å²) in [5, 5.41) is 21.1. The Labute approximate surface area is 143 Å². The molecule has 1 aliphatic heterocycles. The number of hydrogen-bond acceptors (Lipinski definition) is 3. The van der Waals surface area contributed by atoms with Gasteiger partial charge in [-0.05, 0) is 74.9 Å². The Balaban J connectivity index is 2.49. The van der Waals surface area contributed by atoms with Crippen LogP contribution in [0.15, 0.2) is 0 Å². The Morgan fingerprint density at radius 1 is 0.583 bits per heavy atom. The average molecular weight is 326 g/mol. The van der Waals surface area contributed by atoms with E-state index in [9.17, 15) is 10.2 Å². The number of phenols is 2. The molecule has 0 saturated heterocycles. The molecule has 1 aliphatic rings. The molecule has 0 aromatic heterocycles. The monoisotopic (exact) mass is 326 g/mol. The Morgan fingerprint density at radius 2 is 0.917 bits per heavy atom. The fourth-order valence-corrected chi connectivity index (χ4v) is 4.20. The third-order valence-corrected chi connectivity index (χ3v) is 5.89. The van der Waals surface area contributed by atoms with E-state index in [2.05, 4.69) is 13.8 Å².